The second-order valence-electron chi connectivity index (χ2n) is 11.6. The van der Waals surface area contributed by atoms with E-state index in [0.29, 0.717) is 12.4 Å². The number of hydrogen-bond donors (Lipinski definition) is 6. The number of nitrogens with one attached hydrogen (secondary N) is 3. The molecule has 0 bridgehead atoms. The summed E-state index contributed by atoms with van der Waals surface area (Å²) in [4.78, 5) is 79.9. The molecule has 0 aliphatic carbocycles. The lowest BCUT2D eigenvalue weighted by molar-refractivity contribution is -0.140. The molecule has 3 amide bonds. The summed E-state index contributed by atoms with van der Waals surface area (Å²) in [5.74, 6) is -4.63. The Morgan fingerprint density at radius 2 is 1.20 bits per heavy atom. The van der Waals surface area contributed by atoms with Crippen LogP contribution in [0.2, 0.25) is 0 Å². The molecule has 1 unspecified atom stereocenters. The first-order chi connectivity index (χ1) is 23.4. The van der Waals surface area contributed by atoms with E-state index in [1.165, 1.54) is 0 Å². The number of aliphatic carboxylic acids is 3. The number of carbonyl (C=O) groups is 6. The van der Waals surface area contributed by atoms with Crippen LogP contribution in [0.3, 0.4) is 0 Å². The number of benzene rings is 2. The molecule has 6 N–H and O–H groups in total. The Labute approximate surface area is 283 Å². The second kappa shape index (κ2) is 19.2. The van der Waals surface area contributed by atoms with Crippen molar-refractivity contribution in [1.29, 1.82) is 0 Å². The molecule has 268 valence electrons. The van der Waals surface area contributed by atoms with Crippen LogP contribution in [0.5, 0.6) is 5.75 Å². The van der Waals surface area contributed by atoms with Crippen molar-refractivity contribution in [3.05, 3.63) is 42.0 Å². The number of fused-ring (bicyclic) bond motifs is 1. The zero-order valence-electron chi connectivity index (χ0n) is 27.7. The van der Waals surface area contributed by atoms with Gasteiger partial charge in [-0.15, -0.1) is 0 Å². The summed E-state index contributed by atoms with van der Waals surface area (Å²) in [6.45, 7) is 4.31. The molecule has 0 aromatic heterocycles. The molecule has 17 nitrogen and oxygen atoms in total. The van der Waals surface area contributed by atoms with E-state index in [9.17, 15) is 44.1 Å². The van der Waals surface area contributed by atoms with Gasteiger partial charge in [0.25, 0.3) is 11.8 Å². The average molecular weight is 688 g/mol. The summed E-state index contributed by atoms with van der Waals surface area (Å²) in [7, 11) is 0. The van der Waals surface area contributed by atoms with Crippen LogP contribution in [0.4, 0.5) is 0 Å². The SMILES string of the molecule is CCOc1cc2ccccc2cc1C(=O)NNC(=O)CNC(=O)C(C)N1CCN(CC(=O)O)CCN(CC(=O)O)CCN(CC(=O)O)CC1. The highest BCUT2D eigenvalue weighted by molar-refractivity contribution is 6.02. The van der Waals surface area contributed by atoms with Crippen LogP contribution in [0.15, 0.2) is 36.4 Å². The third-order valence-electron chi connectivity index (χ3n) is 8.01. The number of hydrogen-bond acceptors (Lipinski definition) is 11. The normalized spacial score (nSPS) is 16.4. The Bertz CT molecular complexity index is 1460. The first-order valence-electron chi connectivity index (χ1n) is 15.9. The van der Waals surface area contributed by atoms with Crippen LogP contribution in [0.25, 0.3) is 10.8 Å². The lowest BCUT2D eigenvalue weighted by atomic mass is 10.1. The number of carbonyl (C=O) groups excluding carboxylic acids is 3. The van der Waals surface area contributed by atoms with Gasteiger partial charge in [0.15, 0.2) is 0 Å². The lowest BCUT2D eigenvalue weighted by Crippen LogP contribution is -2.54. The van der Waals surface area contributed by atoms with Crippen LogP contribution in [0, 0.1) is 0 Å². The van der Waals surface area contributed by atoms with Gasteiger partial charge in [-0.25, -0.2) is 0 Å². The van der Waals surface area contributed by atoms with Crippen LogP contribution in [0.1, 0.15) is 24.2 Å². The molecule has 17 heteroatoms. The zero-order chi connectivity index (χ0) is 35.9. The quantitative estimate of drug-likeness (QED) is 0.139. The number of rotatable bonds is 13. The summed E-state index contributed by atoms with van der Waals surface area (Å²) in [5, 5.41) is 32.4. The summed E-state index contributed by atoms with van der Waals surface area (Å²) in [6.07, 6.45) is 0. The predicted octanol–water partition coefficient (Wildman–Crippen LogP) is -1.02. The maximum atomic E-state index is 13.2. The van der Waals surface area contributed by atoms with Gasteiger partial charge in [-0.1, -0.05) is 24.3 Å². The fourth-order valence-electron chi connectivity index (χ4n) is 5.38. The molecule has 1 aliphatic heterocycles. The maximum absolute atomic E-state index is 13.2. The van der Waals surface area contributed by atoms with E-state index in [0.717, 1.165) is 10.8 Å². The third kappa shape index (κ3) is 12.9. The number of ether oxygens (including phenoxy) is 1. The number of carboxylic acids is 3. The monoisotopic (exact) mass is 687 g/mol. The van der Waals surface area contributed by atoms with Crippen molar-refractivity contribution >= 4 is 46.4 Å². The minimum absolute atomic E-state index is 0.220. The fraction of sp³-hybridized carbons (Fsp3) is 0.500. The Kier molecular flexibility index (Phi) is 15.2. The highest BCUT2D eigenvalue weighted by Gasteiger charge is 2.26. The third-order valence-corrected chi connectivity index (χ3v) is 8.01. The van der Waals surface area contributed by atoms with Gasteiger partial charge in [0.2, 0.25) is 5.91 Å². The van der Waals surface area contributed by atoms with Crippen molar-refractivity contribution in [2.45, 2.75) is 19.9 Å². The smallest absolute Gasteiger partial charge is 0.317 e. The Morgan fingerprint density at radius 3 is 1.67 bits per heavy atom. The first-order valence-corrected chi connectivity index (χ1v) is 15.9. The molecule has 0 saturated carbocycles. The van der Waals surface area contributed by atoms with Gasteiger partial charge in [0.05, 0.1) is 44.4 Å². The minimum atomic E-state index is -1.06. The molecule has 3 rings (SSSR count). The maximum Gasteiger partial charge on any atom is 0.317 e. The molecule has 0 spiro atoms. The summed E-state index contributed by atoms with van der Waals surface area (Å²) in [5.41, 5.74) is 4.86. The van der Waals surface area contributed by atoms with Crippen molar-refractivity contribution in [3.63, 3.8) is 0 Å². The van der Waals surface area contributed by atoms with Crippen molar-refractivity contribution in [2.24, 2.45) is 0 Å². The molecule has 1 heterocycles. The summed E-state index contributed by atoms with van der Waals surface area (Å²) in [6, 6.07) is 10.0. The van der Waals surface area contributed by atoms with Crippen molar-refractivity contribution in [3.8, 4) is 5.75 Å². The van der Waals surface area contributed by atoms with Gasteiger partial charge in [0.1, 0.15) is 5.75 Å². The average Bonchev–Trinajstić information content (AvgIpc) is 3.04. The van der Waals surface area contributed by atoms with E-state index in [1.54, 1.807) is 45.6 Å². The molecule has 2 aromatic carbocycles. The fourth-order valence-corrected chi connectivity index (χ4v) is 5.38. The number of carboxylic acid groups (broad SMARTS) is 3. The van der Waals surface area contributed by atoms with E-state index >= 15 is 0 Å². The number of amides is 3. The summed E-state index contributed by atoms with van der Waals surface area (Å²) >= 11 is 0. The van der Waals surface area contributed by atoms with Gasteiger partial charge in [0, 0.05) is 52.4 Å². The van der Waals surface area contributed by atoms with Gasteiger partial charge in [-0.3, -0.25) is 59.2 Å². The zero-order valence-corrected chi connectivity index (χ0v) is 27.7. The van der Waals surface area contributed by atoms with Gasteiger partial charge >= 0.3 is 17.9 Å². The van der Waals surface area contributed by atoms with E-state index < -0.39 is 48.2 Å². The Morgan fingerprint density at radius 1 is 0.735 bits per heavy atom. The molecule has 1 aliphatic rings. The predicted molar refractivity (Wildman–Crippen MR) is 177 cm³/mol. The minimum Gasteiger partial charge on any atom is -0.493 e. The van der Waals surface area contributed by atoms with E-state index in [2.05, 4.69) is 16.2 Å². The van der Waals surface area contributed by atoms with Crippen molar-refractivity contribution in [2.75, 3.05) is 85.1 Å². The first kappa shape index (κ1) is 38.6. The Balaban J connectivity index is 1.62. The highest BCUT2D eigenvalue weighted by atomic mass is 16.5. The molecule has 0 radical (unpaired) electrons. The number of hydrazine groups is 1. The molecule has 2 aromatic rings. The van der Waals surface area contributed by atoms with E-state index in [4.69, 9.17) is 4.74 Å². The van der Waals surface area contributed by atoms with Crippen LogP contribution < -0.4 is 20.9 Å². The molecule has 1 fully saturated rings. The van der Waals surface area contributed by atoms with Gasteiger partial charge in [-0.2, -0.15) is 0 Å². The van der Waals surface area contributed by atoms with Crippen LogP contribution in [-0.2, 0) is 24.0 Å². The lowest BCUT2D eigenvalue weighted by Gasteiger charge is -2.35. The molecular formula is C32H45N7O10. The van der Waals surface area contributed by atoms with Crippen molar-refractivity contribution < 1.29 is 48.8 Å². The molecule has 1 atom stereocenters. The number of nitrogens with zero attached hydrogens (tertiary/aromatic N) is 4. The van der Waals surface area contributed by atoms with E-state index in [1.807, 2.05) is 24.3 Å². The summed E-state index contributed by atoms with van der Waals surface area (Å²) < 4.78 is 5.63. The van der Waals surface area contributed by atoms with E-state index in [-0.39, 0.29) is 77.6 Å². The molecule has 49 heavy (non-hydrogen) atoms. The highest BCUT2D eigenvalue weighted by Crippen LogP contribution is 2.26. The largest absolute Gasteiger partial charge is 0.493 e. The standard InChI is InChI=1S/C32H45N7O10/c1-3-49-26-17-24-7-5-4-6-23(24)16-25(26)32(48)35-34-27(40)18-33-31(47)22(2)39-14-12-37(20-29(43)44)10-8-36(19-28(41)42)9-11-38(13-15-39)21-30(45)46/h4-7,16-17,22H,3,8-15,18-21H2,1-2H3,(H,33,47)(H,34,40)(H,35,48)(H,41,42)(H,43,44)(H,45,46). The van der Waals surface area contributed by atoms with Gasteiger partial charge in [-0.05, 0) is 36.8 Å². The van der Waals surface area contributed by atoms with Crippen molar-refractivity contribution in [1.82, 2.24) is 35.8 Å². The Hall–Kier alpha value is -4.84. The van der Waals surface area contributed by atoms with Crippen LogP contribution >= 0.6 is 0 Å². The molecule has 1 saturated heterocycles. The van der Waals surface area contributed by atoms with Crippen LogP contribution in [-0.4, -0.2) is 162 Å². The second-order valence-corrected chi connectivity index (χ2v) is 11.6. The topological polar surface area (TPSA) is 221 Å². The molecular weight excluding hydrogens is 642 g/mol. The van der Waals surface area contributed by atoms with Gasteiger partial charge < -0.3 is 25.4 Å².